The van der Waals surface area contributed by atoms with Crippen molar-refractivity contribution >= 4 is 21.6 Å². The smallest absolute Gasteiger partial charge is 0.309 e. The molecule has 0 fully saturated rings. The van der Waals surface area contributed by atoms with Crippen LogP contribution in [0.3, 0.4) is 0 Å². The number of sulfonamides is 1. The second kappa shape index (κ2) is 17.4. The predicted octanol–water partition coefficient (Wildman–Crippen LogP) is 8.61. The minimum absolute atomic E-state index is 0.145. The molecule has 44 heavy (non-hydrogen) atoms. The van der Waals surface area contributed by atoms with Crippen LogP contribution < -0.4 is 4.72 Å². The summed E-state index contributed by atoms with van der Waals surface area (Å²) in [5.74, 6) is -18.3. The molecule has 0 aliphatic heterocycles. The quantitative estimate of drug-likeness (QED) is 0.0877. The van der Waals surface area contributed by atoms with Gasteiger partial charge in [0.15, 0.2) is 0 Å². The predicted molar refractivity (Wildman–Crippen MR) is 138 cm³/mol. The summed E-state index contributed by atoms with van der Waals surface area (Å²) in [6.45, 7) is 0.691. The van der Waals surface area contributed by atoms with E-state index in [1.807, 2.05) is 4.72 Å². The zero-order valence-electron chi connectivity index (χ0n) is 24.6. The average molecular weight is 721 g/mol. The van der Waals surface area contributed by atoms with Gasteiger partial charge in [0.05, 0.1) is 30.4 Å². The van der Waals surface area contributed by atoms with Crippen LogP contribution in [0.1, 0.15) is 58.8 Å². The van der Waals surface area contributed by atoms with Crippen LogP contribution in [0.4, 0.5) is 61.5 Å². The third-order valence-corrected chi connectivity index (χ3v) is 7.78. The Balaban J connectivity index is 0. The van der Waals surface area contributed by atoms with Crippen molar-refractivity contribution in [2.24, 2.45) is 17.8 Å². The first-order valence-electron chi connectivity index (χ1n) is 13.0. The van der Waals surface area contributed by atoms with Crippen molar-refractivity contribution in [2.45, 2.75) is 94.8 Å². The molecular weight excluding hydrogens is 682 g/mol. The highest BCUT2D eigenvalue weighted by Gasteiger charge is 2.59. The van der Waals surface area contributed by atoms with E-state index < -0.39 is 108 Å². The molecule has 20 heteroatoms. The summed E-state index contributed by atoms with van der Waals surface area (Å²) in [5.41, 5.74) is -4.55. The van der Waals surface area contributed by atoms with Gasteiger partial charge in [0.25, 0.3) is 11.8 Å². The molecule has 0 aliphatic carbocycles. The minimum Gasteiger partial charge on any atom is -0.309 e. The summed E-state index contributed by atoms with van der Waals surface area (Å²) in [6, 6.07) is 0. The highest BCUT2D eigenvalue weighted by Crippen LogP contribution is 2.47. The summed E-state index contributed by atoms with van der Waals surface area (Å²) in [5, 5.41) is 0. The van der Waals surface area contributed by atoms with Crippen LogP contribution in [0.2, 0.25) is 0 Å². The molecule has 0 saturated heterocycles. The molecule has 0 aliphatic rings. The van der Waals surface area contributed by atoms with Crippen LogP contribution in [0.25, 0.3) is 0 Å². The maximum absolute atomic E-state index is 14.2. The van der Waals surface area contributed by atoms with Crippen LogP contribution in [0, 0.1) is 17.8 Å². The molecule has 0 spiro atoms. The Kier molecular flexibility index (Phi) is 17.9. The Hall–Kier alpha value is -0.820. The van der Waals surface area contributed by atoms with E-state index in [4.69, 9.17) is 0 Å². The van der Waals surface area contributed by atoms with Crippen molar-refractivity contribution in [2.75, 3.05) is 39.3 Å². The number of nitrogens with zero attached hydrogens (tertiary/aromatic N) is 1. The second-order valence-electron chi connectivity index (χ2n) is 11.2. The Morgan fingerprint density at radius 1 is 0.750 bits per heavy atom. The first kappa shape index (κ1) is 45.3. The molecular formula is C24H39ClF14N2O2S. The molecule has 0 aromatic carbocycles. The van der Waals surface area contributed by atoms with Crippen LogP contribution in [-0.4, -0.2) is 88.7 Å². The Labute approximate surface area is 253 Å². The van der Waals surface area contributed by atoms with Gasteiger partial charge in [0, 0.05) is 19.3 Å². The van der Waals surface area contributed by atoms with Gasteiger partial charge < -0.3 is 4.90 Å². The molecule has 4 unspecified atom stereocenters. The fraction of sp³-hybridized carbons (Fsp3) is 1.00. The first-order valence-corrected chi connectivity index (χ1v) is 15.4. The lowest BCUT2D eigenvalue weighted by atomic mass is 9.83. The molecule has 0 rings (SSSR count). The standard InChI is InChI=1S/C23H36F14N2O2S.CH3Cl/c1-15(12-19(25,26)14-20(27,28)13-18(2,24)23(35,36)37)10-17(22(32,33)34)11-16(21(29,30)31)6-9-42(40,41)38-7-5-8-39(3)4;1-2/h15-17,38H,5-14H2,1-4H3;1H3. The summed E-state index contributed by atoms with van der Waals surface area (Å²) in [6.07, 6.45) is -26.3. The fourth-order valence-corrected chi connectivity index (χ4v) is 5.49. The highest BCUT2D eigenvalue weighted by molar-refractivity contribution is 7.89. The normalized spacial score (nSPS) is 17.5. The van der Waals surface area contributed by atoms with Crippen LogP contribution >= 0.6 is 11.6 Å². The SMILES string of the molecule is CC(CC(CC(CCS(=O)(=O)NCCCN(C)C)C(F)(F)F)C(F)(F)F)CC(F)(F)CC(F)(F)CC(C)(F)C(F)(F)F.CCl. The molecule has 0 amide bonds. The van der Waals surface area contributed by atoms with Crippen LogP contribution in [0.15, 0.2) is 0 Å². The molecule has 0 aromatic heterocycles. The van der Waals surface area contributed by atoms with Gasteiger partial charge in [-0.15, -0.1) is 11.6 Å². The number of hydrogen-bond acceptors (Lipinski definition) is 3. The molecule has 268 valence electrons. The number of rotatable bonds is 18. The lowest BCUT2D eigenvalue weighted by Gasteiger charge is -2.32. The Bertz CT molecular complexity index is 923. The van der Waals surface area contributed by atoms with Crippen molar-refractivity contribution in [1.29, 1.82) is 0 Å². The minimum atomic E-state index is -5.82. The van der Waals surface area contributed by atoms with E-state index in [2.05, 4.69) is 11.6 Å². The van der Waals surface area contributed by atoms with E-state index >= 15 is 0 Å². The fourth-order valence-electron chi connectivity index (χ4n) is 4.29. The van der Waals surface area contributed by atoms with Crippen molar-refractivity contribution in [3.63, 3.8) is 0 Å². The lowest BCUT2D eigenvalue weighted by Crippen LogP contribution is -2.44. The molecule has 0 aromatic rings. The molecule has 0 bridgehead atoms. The second-order valence-corrected chi connectivity index (χ2v) is 13.1. The molecule has 0 radical (unpaired) electrons. The van der Waals surface area contributed by atoms with E-state index in [0.717, 1.165) is 0 Å². The topological polar surface area (TPSA) is 49.4 Å². The largest absolute Gasteiger partial charge is 0.422 e. The molecule has 0 heterocycles. The maximum atomic E-state index is 14.2. The Morgan fingerprint density at radius 2 is 1.23 bits per heavy atom. The van der Waals surface area contributed by atoms with Crippen LogP contribution in [0.5, 0.6) is 0 Å². The number of alkyl halides is 15. The van der Waals surface area contributed by atoms with E-state index in [0.29, 0.717) is 13.5 Å². The van der Waals surface area contributed by atoms with Crippen molar-refractivity contribution in [3.05, 3.63) is 0 Å². The zero-order chi connectivity index (χ0) is 35.6. The Morgan fingerprint density at radius 3 is 1.64 bits per heavy atom. The molecule has 1 N–H and O–H groups in total. The molecule has 4 nitrogen and oxygen atoms in total. The van der Waals surface area contributed by atoms with Gasteiger partial charge >= 0.3 is 18.5 Å². The molecule has 4 atom stereocenters. The average Bonchev–Trinajstić information content (AvgIpc) is 2.75. The van der Waals surface area contributed by atoms with Crippen molar-refractivity contribution < 1.29 is 69.9 Å². The van der Waals surface area contributed by atoms with Gasteiger partial charge in [0.1, 0.15) is 0 Å². The summed E-state index contributed by atoms with van der Waals surface area (Å²) < 4.78 is 215. The van der Waals surface area contributed by atoms with Crippen LogP contribution in [-0.2, 0) is 10.0 Å². The highest BCUT2D eigenvalue weighted by atomic mass is 35.5. The van der Waals surface area contributed by atoms with Gasteiger partial charge in [-0.1, -0.05) is 6.92 Å². The number of nitrogens with one attached hydrogen (secondary N) is 1. The maximum Gasteiger partial charge on any atom is 0.422 e. The van der Waals surface area contributed by atoms with Gasteiger partial charge in [-0.3, -0.25) is 0 Å². The number of halogens is 15. The third kappa shape index (κ3) is 19.0. The van der Waals surface area contributed by atoms with Gasteiger partial charge in [-0.05, 0) is 59.2 Å². The molecule has 0 saturated carbocycles. The summed E-state index contributed by atoms with van der Waals surface area (Å²) in [4.78, 5) is 1.70. The van der Waals surface area contributed by atoms with E-state index in [9.17, 15) is 69.9 Å². The summed E-state index contributed by atoms with van der Waals surface area (Å²) >= 11 is 4.64. The first-order chi connectivity index (χ1) is 19.4. The van der Waals surface area contributed by atoms with E-state index in [1.54, 1.807) is 19.0 Å². The van der Waals surface area contributed by atoms with Gasteiger partial charge in [-0.25, -0.2) is 35.1 Å². The van der Waals surface area contributed by atoms with E-state index in [-0.39, 0.29) is 19.9 Å². The number of hydrogen-bond donors (Lipinski definition) is 1. The van der Waals surface area contributed by atoms with Crippen molar-refractivity contribution in [1.82, 2.24) is 9.62 Å². The van der Waals surface area contributed by atoms with Gasteiger partial charge in [0.2, 0.25) is 15.7 Å². The third-order valence-electron chi connectivity index (χ3n) is 6.37. The monoisotopic (exact) mass is 720 g/mol. The lowest BCUT2D eigenvalue weighted by molar-refractivity contribution is -0.249. The van der Waals surface area contributed by atoms with E-state index in [1.165, 1.54) is 6.38 Å². The van der Waals surface area contributed by atoms with Gasteiger partial charge in [-0.2, -0.15) is 39.5 Å². The zero-order valence-corrected chi connectivity index (χ0v) is 26.2. The summed E-state index contributed by atoms with van der Waals surface area (Å²) in [7, 11) is -0.956. The van der Waals surface area contributed by atoms with Crippen molar-refractivity contribution in [3.8, 4) is 0 Å².